The largest absolute Gasteiger partial charge is 0.508 e. The number of hydrogen-bond acceptors (Lipinski definition) is 6. The molecule has 0 aromatic heterocycles. The average Bonchev–Trinajstić information content (AvgIpc) is 3.32. The second-order valence-electron chi connectivity index (χ2n) is 9.08. The Bertz CT molecular complexity index is 1120. The van der Waals surface area contributed by atoms with Crippen molar-refractivity contribution in [2.24, 2.45) is 5.92 Å². The van der Waals surface area contributed by atoms with Crippen LogP contribution in [0, 0.1) is 5.92 Å². The maximum absolute atomic E-state index is 10.1. The predicted molar refractivity (Wildman–Crippen MR) is 135 cm³/mol. The summed E-state index contributed by atoms with van der Waals surface area (Å²) in [5.41, 5.74) is 2.01. The minimum Gasteiger partial charge on any atom is -0.508 e. The molecule has 178 valence electrons. The molecule has 5 nitrogen and oxygen atoms in total. The van der Waals surface area contributed by atoms with Crippen molar-refractivity contribution in [3.63, 3.8) is 0 Å². The highest BCUT2D eigenvalue weighted by Gasteiger charge is 2.34. The van der Waals surface area contributed by atoms with E-state index in [4.69, 9.17) is 9.47 Å². The van der Waals surface area contributed by atoms with Crippen molar-refractivity contribution in [3.05, 3.63) is 77.9 Å². The molecule has 3 atom stereocenters. The Labute approximate surface area is 205 Å². The van der Waals surface area contributed by atoms with Gasteiger partial charge in [0.2, 0.25) is 0 Å². The van der Waals surface area contributed by atoms with E-state index >= 15 is 0 Å². The Hall–Kier alpha value is -2.83. The zero-order chi connectivity index (χ0) is 23.5. The van der Waals surface area contributed by atoms with Gasteiger partial charge >= 0.3 is 0 Å². The molecule has 0 amide bonds. The Morgan fingerprint density at radius 1 is 1.00 bits per heavy atom. The Kier molecular flexibility index (Phi) is 6.88. The number of likely N-dealkylation sites (tertiary alicyclic amines) is 1. The van der Waals surface area contributed by atoms with Gasteiger partial charge in [-0.3, -0.25) is 4.90 Å². The van der Waals surface area contributed by atoms with Crippen LogP contribution in [0.2, 0.25) is 0 Å². The van der Waals surface area contributed by atoms with Crippen LogP contribution in [0.3, 0.4) is 0 Å². The molecule has 0 bridgehead atoms. The fourth-order valence-corrected chi connectivity index (χ4v) is 6.08. The molecule has 6 heteroatoms. The van der Waals surface area contributed by atoms with Gasteiger partial charge in [-0.15, -0.1) is 11.8 Å². The average molecular weight is 478 g/mol. The second-order valence-corrected chi connectivity index (χ2v) is 10.3. The molecule has 0 radical (unpaired) electrons. The fourth-order valence-electron chi connectivity index (χ4n) is 4.77. The standard InChI is InChI=1S/C28H31NO4S/c1-2-19-12-13-29(18-19)14-15-32-24-9-6-20(7-10-24)27-28(21-4-3-5-22(30)16-21)34-26-17-23(31)8-11-25(26)33-27/h3-11,16-17,19,27-28,30-31H,2,12-15,18H2,1H3/t19-,27+,28-/m1/s1. The van der Waals surface area contributed by atoms with Crippen molar-refractivity contribution < 1.29 is 19.7 Å². The minimum atomic E-state index is -0.242. The van der Waals surface area contributed by atoms with Gasteiger partial charge in [-0.2, -0.15) is 0 Å². The molecular formula is C28H31NO4S. The highest BCUT2D eigenvalue weighted by atomic mass is 32.2. The van der Waals surface area contributed by atoms with E-state index in [1.807, 2.05) is 30.3 Å². The van der Waals surface area contributed by atoms with Crippen molar-refractivity contribution in [3.8, 4) is 23.0 Å². The molecule has 3 aromatic rings. The number of phenols is 2. The molecule has 2 aliphatic heterocycles. The molecule has 2 aliphatic rings. The molecular weight excluding hydrogens is 446 g/mol. The van der Waals surface area contributed by atoms with E-state index < -0.39 is 0 Å². The summed E-state index contributed by atoms with van der Waals surface area (Å²) in [5.74, 6) is 2.88. The van der Waals surface area contributed by atoms with E-state index in [9.17, 15) is 10.2 Å². The van der Waals surface area contributed by atoms with Gasteiger partial charge in [0.15, 0.2) is 0 Å². The number of rotatable bonds is 7. The third-order valence-corrected chi connectivity index (χ3v) is 8.09. The summed E-state index contributed by atoms with van der Waals surface area (Å²) in [5, 5.41) is 19.9. The van der Waals surface area contributed by atoms with Crippen LogP contribution in [0.15, 0.2) is 71.6 Å². The van der Waals surface area contributed by atoms with Gasteiger partial charge in [-0.25, -0.2) is 0 Å². The monoisotopic (exact) mass is 477 g/mol. The molecule has 0 saturated carbocycles. The zero-order valence-electron chi connectivity index (χ0n) is 19.4. The van der Waals surface area contributed by atoms with Crippen molar-refractivity contribution in [2.75, 3.05) is 26.2 Å². The molecule has 3 aromatic carbocycles. The van der Waals surface area contributed by atoms with Crippen molar-refractivity contribution >= 4 is 11.8 Å². The van der Waals surface area contributed by atoms with E-state index in [1.54, 1.807) is 36.0 Å². The summed E-state index contributed by atoms with van der Waals surface area (Å²) in [7, 11) is 0. The van der Waals surface area contributed by atoms with Crippen LogP contribution >= 0.6 is 11.8 Å². The van der Waals surface area contributed by atoms with Crippen LogP contribution in [0.5, 0.6) is 23.0 Å². The van der Waals surface area contributed by atoms with Crippen LogP contribution in [0.4, 0.5) is 0 Å². The van der Waals surface area contributed by atoms with E-state index in [0.717, 1.165) is 40.0 Å². The molecule has 34 heavy (non-hydrogen) atoms. The zero-order valence-corrected chi connectivity index (χ0v) is 20.2. The van der Waals surface area contributed by atoms with Gasteiger partial charge in [0.1, 0.15) is 35.7 Å². The lowest BCUT2D eigenvalue weighted by Gasteiger charge is -2.34. The highest BCUT2D eigenvalue weighted by molar-refractivity contribution is 7.99. The number of aromatic hydroxyl groups is 2. The lowest BCUT2D eigenvalue weighted by atomic mass is 10.00. The lowest BCUT2D eigenvalue weighted by Crippen LogP contribution is -2.26. The lowest BCUT2D eigenvalue weighted by molar-refractivity contribution is 0.190. The number of benzene rings is 3. The molecule has 1 fully saturated rings. The number of ether oxygens (including phenoxy) is 2. The SMILES string of the molecule is CC[C@@H]1CCN(CCOc2ccc([C@@H]3Oc4ccc(O)cc4S[C@@H]3c3cccc(O)c3)cc2)C1. The first-order chi connectivity index (χ1) is 16.6. The van der Waals surface area contributed by atoms with Crippen LogP contribution in [-0.2, 0) is 0 Å². The van der Waals surface area contributed by atoms with Gasteiger partial charge in [0.05, 0.1) is 10.1 Å². The molecule has 0 spiro atoms. The number of thioether (sulfide) groups is 1. The third kappa shape index (κ3) is 5.13. The number of fused-ring (bicyclic) bond motifs is 1. The third-order valence-electron chi connectivity index (χ3n) is 6.74. The van der Waals surface area contributed by atoms with Crippen LogP contribution in [0.1, 0.15) is 42.2 Å². The summed E-state index contributed by atoms with van der Waals surface area (Å²) in [6.07, 6.45) is 2.32. The van der Waals surface area contributed by atoms with E-state index in [1.165, 1.54) is 25.9 Å². The van der Waals surface area contributed by atoms with E-state index in [-0.39, 0.29) is 22.9 Å². The van der Waals surface area contributed by atoms with Crippen molar-refractivity contribution in [1.82, 2.24) is 4.90 Å². The molecule has 1 saturated heterocycles. The molecule has 0 unspecified atom stereocenters. The first kappa shape index (κ1) is 22.9. The Morgan fingerprint density at radius 2 is 1.82 bits per heavy atom. The topological polar surface area (TPSA) is 62.2 Å². The summed E-state index contributed by atoms with van der Waals surface area (Å²) in [4.78, 5) is 3.38. The summed E-state index contributed by atoms with van der Waals surface area (Å²) in [6, 6.07) is 20.6. The second kappa shape index (κ2) is 10.2. The van der Waals surface area contributed by atoms with Crippen LogP contribution in [-0.4, -0.2) is 41.4 Å². The molecule has 2 heterocycles. The smallest absolute Gasteiger partial charge is 0.140 e. The normalized spacial score (nSPS) is 22.2. The van der Waals surface area contributed by atoms with Crippen molar-refractivity contribution in [2.45, 2.75) is 36.0 Å². The fraction of sp³-hybridized carbons (Fsp3) is 0.357. The van der Waals surface area contributed by atoms with Gasteiger partial charge in [-0.05, 0) is 72.5 Å². The number of nitrogens with zero attached hydrogens (tertiary/aromatic N) is 1. The van der Waals surface area contributed by atoms with Crippen LogP contribution < -0.4 is 9.47 Å². The van der Waals surface area contributed by atoms with Gasteiger partial charge in [0.25, 0.3) is 0 Å². The maximum atomic E-state index is 10.1. The van der Waals surface area contributed by atoms with Gasteiger partial charge in [0, 0.05) is 13.1 Å². The number of phenolic OH excluding ortho intramolecular Hbond substituents is 2. The number of hydrogen-bond donors (Lipinski definition) is 2. The quantitative estimate of drug-likeness (QED) is 0.424. The van der Waals surface area contributed by atoms with E-state index in [0.29, 0.717) is 6.61 Å². The summed E-state index contributed by atoms with van der Waals surface area (Å²) in [6.45, 7) is 6.28. The molecule has 2 N–H and O–H groups in total. The first-order valence-corrected chi connectivity index (χ1v) is 12.9. The van der Waals surface area contributed by atoms with Crippen molar-refractivity contribution in [1.29, 1.82) is 0 Å². The first-order valence-electron chi connectivity index (χ1n) is 12.0. The molecule has 5 rings (SSSR count). The highest BCUT2D eigenvalue weighted by Crippen LogP contribution is 2.54. The maximum Gasteiger partial charge on any atom is 0.140 e. The van der Waals surface area contributed by atoms with Gasteiger partial charge in [-0.1, -0.05) is 37.6 Å². The minimum absolute atomic E-state index is 0.0742. The Balaban J connectivity index is 1.30. The van der Waals surface area contributed by atoms with E-state index in [2.05, 4.69) is 24.0 Å². The molecule has 0 aliphatic carbocycles. The van der Waals surface area contributed by atoms with Gasteiger partial charge < -0.3 is 19.7 Å². The summed E-state index contributed by atoms with van der Waals surface area (Å²) < 4.78 is 12.5. The Morgan fingerprint density at radius 3 is 2.59 bits per heavy atom. The van der Waals surface area contributed by atoms with Crippen LogP contribution in [0.25, 0.3) is 0 Å². The predicted octanol–water partition coefficient (Wildman–Crippen LogP) is 6.18. The summed E-state index contributed by atoms with van der Waals surface area (Å²) >= 11 is 1.64.